The Morgan fingerprint density at radius 1 is 0.774 bits per heavy atom. The van der Waals surface area contributed by atoms with E-state index in [4.69, 9.17) is 17.0 Å². The molecule has 0 aliphatic rings. The van der Waals surface area contributed by atoms with Crippen LogP contribution in [0.1, 0.15) is 5.69 Å². The zero-order valence-electron chi connectivity index (χ0n) is 17.1. The molecule has 0 atom stereocenters. The second kappa shape index (κ2) is 10.5. The number of H-pyrrole nitrogens is 1. The second-order valence-electron chi connectivity index (χ2n) is 7.27. The zero-order valence-corrected chi connectivity index (χ0v) is 21.0. The first kappa shape index (κ1) is 22.1. The van der Waals surface area contributed by atoms with Gasteiger partial charge in [0.15, 0.2) is 0 Å². The van der Waals surface area contributed by atoms with Crippen molar-refractivity contribution in [1.29, 1.82) is 0 Å². The number of fused-ring (bicyclic) bond motifs is 3. The molecule has 152 valence electrons. The molecule has 0 bridgehead atoms. The van der Waals surface area contributed by atoms with Crippen molar-refractivity contribution in [2.75, 3.05) is 0 Å². The monoisotopic (exact) mass is 519 g/mol. The van der Waals surface area contributed by atoms with Crippen molar-refractivity contribution < 1.29 is 20.8 Å². The predicted molar refractivity (Wildman–Crippen MR) is 133 cm³/mol. The third-order valence-electron chi connectivity index (χ3n) is 5.35. The van der Waals surface area contributed by atoms with Crippen LogP contribution in [0.5, 0.6) is 0 Å². The van der Waals surface area contributed by atoms with E-state index in [9.17, 15) is 0 Å². The van der Waals surface area contributed by atoms with Crippen LogP contribution in [0.25, 0.3) is 43.6 Å². The number of para-hydroxylation sites is 1. The number of hydrogen-bond acceptors (Lipinski definition) is 0. The van der Waals surface area contributed by atoms with Crippen molar-refractivity contribution in [3.63, 3.8) is 0 Å². The number of halogens is 2. The largest absolute Gasteiger partial charge is 0.168 e. The molecule has 0 amide bonds. The SMILES string of the molecule is Cc1[nH]c2ccccc2c1-c1cc2ccccc2[cH-]1.[Cl][Zr+2][Cl].c1ccc2[cH-]ccc2c1. The molecule has 0 aliphatic carbocycles. The van der Waals surface area contributed by atoms with Gasteiger partial charge < -0.3 is 4.98 Å². The number of rotatable bonds is 1. The fraction of sp³-hybridized carbons (Fsp3) is 0.0370. The summed E-state index contributed by atoms with van der Waals surface area (Å²) in [5.41, 5.74) is 5.07. The molecule has 1 heterocycles. The summed E-state index contributed by atoms with van der Waals surface area (Å²) >= 11 is -0.826. The van der Waals surface area contributed by atoms with Gasteiger partial charge in [-0.05, 0) is 24.1 Å². The molecule has 0 saturated heterocycles. The van der Waals surface area contributed by atoms with Gasteiger partial charge >= 0.3 is 37.9 Å². The summed E-state index contributed by atoms with van der Waals surface area (Å²) in [5.74, 6) is 0. The summed E-state index contributed by atoms with van der Waals surface area (Å²) in [5, 5.41) is 6.58. The van der Waals surface area contributed by atoms with Crippen molar-refractivity contribution in [1.82, 2.24) is 4.98 Å². The van der Waals surface area contributed by atoms with Gasteiger partial charge in [-0.15, -0.1) is 64.2 Å². The summed E-state index contributed by atoms with van der Waals surface area (Å²) in [4.78, 5) is 3.47. The molecule has 1 aromatic heterocycles. The van der Waals surface area contributed by atoms with Gasteiger partial charge in [-0.3, -0.25) is 0 Å². The molecule has 6 aromatic rings. The van der Waals surface area contributed by atoms with Crippen molar-refractivity contribution >= 4 is 49.5 Å². The van der Waals surface area contributed by atoms with Gasteiger partial charge in [0.05, 0.1) is 0 Å². The van der Waals surface area contributed by atoms with Crippen LogP contribution < -0.4 is 0 Å². The molecule has 0 spiro atoms. The minimum Gasteiger partial charge on any atom is -0.168 e. The van der Waals surface area contributed by atoms with E-state index in [1.807, 2.05) is 0 Å². The maximum absolute atomic E-state index is 4.93. The first-order chi connectivity index (χ1) is 15.2. The van der Waals surface area contributed by atoms with Gasteiger partial charge in [-0.2, -0.15) is 17.5 Å². The summed E-state index contributed by atoms with van der Waals surface area (Å²) < 4.78 is 0. The Kier molecular flexibility index (Phi) is 7.46. The second-order valence-corrected chi connectivity index (χ2v) is 11.0. The molecular formula is C27H21Cl2NZr. The fourth-order valence-corrected chi connectivity index (χ4v) is 4.01. The van der Waals surface area contributed by atoms with Crippen LogP contribution in [0.2, 0.25) is 0 Å². The van der Waals surface area contributed by atoms with E-state index in [-0.39, 0.29) is 0 Å². The summed E-state index contributed by atoms with van der Waals surface area (Å²) in [7, 11) is 9.87. The normalized spacial score (nSPS) is 10.3. The van der Waals surface area contributed by atoms with E-state index in [0.717, 1.165) is 0 Å². The van der Waals surface area contributed by atoms with Crippen molar-refractivity contribution in [3.05, 3.63) is 109 Å². The molecule has 0 aliphatic heterocycles. The third-order valence-corrected chi connectivity index (χ3v) is 5.35. The number of aromatic amines is 1. The summed E-state index contributed by atoms with van der Waals surface area (Å²) in [6, 6.07) is 36.2. The first-order valence-corrected chi connectivity index (χ1v) is 16.3. The molecule has 0 saturated carbocycles. The smallest absolute Gasteiger partial charge is 0.0809 e. The van der Waals surface area contributed by atoms with Crippen molar-refractivity contribution in [2.24, 2.45) is 0 Å². The molecule has 0 radical (unpaired) electrons. The minimum atomic E-state index is -0.826. The molecular weight excluding hydrogens is 500 g/mol. The summed E-state index contributed by atoms with van der Waals surface area (Å²) in [6.07, 6.45) is 0. The van der Waals surface area contributed by atoms with Crippen LogP contribution in [0, 0.1) is 6.92 Å². The van der Waals surface area contributed by atoms with E-state index in [2.05, 4.69) is 115 Å². The molecule has 0 unspecified atom stereocenters. The van der Waals surface area contributed by atoms with Crippen LogP contribution >= 0.6 is 17.0 Å². The van der Waals surface area contributed by atoms with E-state index in [1.165, 1.54) is 49.3 Å². The van der Waals surface area contributed by atoms with Gasteiger partial charge in [0.1, 0.15) is 0 Å². The molecule has 6 rings (SSSR count). The van der Waals surface area contributed by atoms with Gasteiger partial charge in [-0.1, -0.05) is 48.0 Å². The minimum absolute atomic E-state index is 0.826. The van der Waals surface area contributed by atoms with E-state index in [1.54, 1.807) is 0 Å². The van der Waals surface area contributed by atoms with Gasteiger partial charge in [0.2, 0.25) is 0 Å². The van der Waals surface area contributed by atoms with E-state index < -0.39 is 20.8 Å². The maximum atomic E-state index is 4.93. The fourth-order valence-electron chi connectivity index (χ4n) is 4.01. The Balaban J connectivity index is 0.000000160. The molecule has 5 aromatic carbocycles. The number of aromatic nitrogens is 1. The Labute approximate surface area is 201 Å². The third kappa shape index (κ3) is 5.04. The maximum Gasteiger partial charge on any atom is -0.0809 e. The van der Waals surface area contributed by atoms with Gasteiger partial charge in [0.25, 0.3) is 0 Å². The van der Waals surface area contributed by atoms with Crippen molar-refractivity contribution in [3.8, 4) is 11.1 Å². The zero-order chi connectivity index (χ0) is 21.6. The summed E-state index contributed by atoms with van der Waals surface area (Å²) in [6.45, 7) is 2.15. The molecule has 1 N–H and O–H groups in total. The van der Waals surface area contributed by atoms with Crippen LogP contribution in [-0.4, -0.2) is 4.98 Å². The molecule has 0 fully saturated rings. The Bertz CT molecular complexity index is 1340. The Morgan fingerprint density at radius 3 is 2.16 bits per heavy atom. The van der Waals surface area contributed by atoms with Crippen LogP contribution in [-0.2, 0) is 20.8 Å². The van der Waals surface area contributed by atoms with E-state index >= 15 is 0 Å². The van der Waals surface area contributed by atoms with Crippen molar-refractivity contribution in [2.45, 2.75) is 6.92 Å². The molecule has 4 heteroatoms. The number of nitrogens with one attached hydrogen (secondary N) is 1. The first-order valence-electron chi connectivity index (χ1n) is 10.0. The average molecular weight is 522 g/mol. The van der Waals surface area contributed by atoms with Gasteiger partial charge in [0, 0.05) is 5.52 Å². The number of aryl methyl sites for hydroxylation is 1. The topological polar surface area (TPSA) is 15.8 Å². The van der Waals surface area contributed by atoms with Crippen LogP contribution in [0.4, 0.5) is 0 Å². The Morgan fingerprint density at radius 2 is 1.42 bits per heavy atom. The van der Waals surface area contributed by atoms with Gasteiger partial charge in [-0.25, -0.2) is 0 Å². The Hall–Kier alpha value is -2.12. The van der Waals surface area contributed by atoms with Crippen LogP contribution in [0.3, 0.4) is 0 Å². The van der Waals surface area contributed by atoms with E-state index in [0.29, 0.717) is 0 Å². The standard InChI is InChI=1S/C18H14N.C9H7.2ClH.Zr/c1-12-18(16-8-4-5-9-17(16)19-12)15-10-13-6-2-3-7-14(13)11-15;1-2-5-9-7-3-6-8(9)4-1;;;/h2-11,19H,1H3;1-7H;2*1H;/q2*-1;;;+4/p-2. The predicted octanol–water partition coefficient (Wildman–Crippen LogP) is 8.95. The molecule has 1 nitrogen and oxygen atoms in total. The number of benzene rings is 3. The van der Waals surface area contributed by atoms with Crippen LogP contribution in [0.15, 0.2) is 103 Å². The quantitative estimate of drug-likeness (QED) is 0.208. The average Bonchev–Trinajstić information content (AvgIpc) is 3.50. The molecule has 31 heavy (non-hydrogen) atoms. The number of hydrogen-bond donors (Lipinski definition) is 1.